The molecule has 0 radical (unpaired) electrons. The summed E-state index contributed by atoms with van der Waals surface area (Å²) in [5, 5.41) is 0.184. The van der Waals surface area contributed by atoms with Gasteiger partial charge in [0.15, 0.2) is 0 Å². The zero-order chi connectivity index (χ0) is 22.3. The van der Waals surface area contributed by atoms with Gasteiger partial charge in [-0.15, -0.1) is 0 Å². The molecule has 2 aliphatic rings. The molecule has 2 aliphatic heterocycles. The molecule has 0 N–H and O–H groups in total. The number of hydrogen-bond acceptors (Lipinski definition) is 3. The number of hydrogen-bond donors (Lipinski definition) is 0. The van der Waals surface area contributed by atoms with Crippen molar-refractivity contribution in [1.29, 1.82) is 0 Å². The monoisotopic (exact) mass is 452 g/mol. The van der Waals surface area contributed by atoms with Gasteiger partial charge in [0.05, 0.1) is 18.9 Å². The summed E-state index contributed by atoms with van der Waals surface area (Å²) in [6.45, 7) is 1.17. The second kappa shape index (κ2) is 8.16. The van der Waals surface area contributed by atoms with Crippen LogP contribution >= 0.6 is 11.6 Å². The SMILES string of the molecule is CC(F)(F)c1ccc(CN2C(=O)CN(c3ccc(Cl)cc3F)C(=O)[C@@H]2C2COC2)cc1. The van der Waals surface area contributed by atoms with Crippen LogP contribution in [0.25, 0.3) is 0 Å². The first-order valence-corrected chi connectivity index (χ1v) is 10.1. The van der Waals surface area contributed by atoms with Gasteiger partial charge in [-0.3, -0.25) is 14.5 Å². The van der Waals surface area contributed by atoms with Crippen molar-refractivity contribution in [2.45, 2.75) is 25.4 Å². The Balaban J connectivity index is 1.61. The minimum atomic E-state index is -2.97. The number of halogens is 4. The van der Waals surface area contributed by atoms with Gasteiger partial charge in [-0.25, -0.2) is 13.2 Å². The van der Waals surface area contributed by atoms with Gasteiger partial charge in [0.25, 0.3) is 11.8 Å². The molecule has 2 amide bonds. The predicted octanol–water partition coefficient (Wildman–Crippen LogP) is 3.98. The average molecular weight is 453 g/mol. The van der Waals surface area contributed by atoms with Gasteiger partial charge >= 0.3 is 0 Å². The van der Waals surface area contributed by atoms with Crippen LogP contribution in [0, 0.1) is 11.7 Å². The Morgan fingerprint density at radius 2 is 1.81 bits per heavy atom. The van der Waals surface area contributed by atoms with E-state index in [-0.39, 0.29) is 41.2 Å². The van der Waals surface area contributed by atoms with Crippen LogP contribution in [0.2, 0.25) is 5.02 Å². The molecule has 164 valence electrons. The van der Waals surface area contributed by atoms with Crippen molar-refractivity contribution in [3.63, 3.8) is 0 Å². The lowest BCUT2D eigenvalue weighted by Gasteiger charge is -2.45. The van der Waals surface area contributed by atoms with E-state index in [9.17, 15) is 22.8 Å². The fourth-order valence-corrected chi connectivity index (χ4v) is 3.99. The molecule has 2 fully saturated rings. The normalized spacial score (nSPS) is 20.2. The highest BCUT2D eigenvalue weighted by molar-refractivity contribution is 6.30. The molecule has 0 saturated carbocycles. The van der Waals surface area contributed by atoms with Crippen LogP contribution in [-0.2, 0) is 26.8 Å². The fourth-order valence-electron chi connectivity index (χ4n) is 3.83. The van der Waals surface area contributed by atoms with E-state index in [2.05, 4.69) is 0 Å². The molecule has 0 unspecified atom stereocenters. The minimum absolute atomic E-state index is 0.0119. The van der Waals surface area contributed by atoms with Gasteiger partial charge in [0, 0.05) is 30.0 Å². The highest BCUT2D eigenvalue weighted by atomic mass is 35.5. The molecule has 2 saturated heterocycles. The van der Waals surface area contributed by atoms with Gasteiger partial charge in [-0.05, 0) is 23.8 Å². The van der Waals surface area contributed by atoms with E-state index in [0.29, 0.717) is 18.8 Å². The van der Waals surface area contributed by atoms with Gasteiger partial charge < -0.3 is 9.64 Å². The van der Waals surface area contributed by atoms with Crippen LogP contribution in [0.1, 0.15) is 18.1 Å². The highest BCUT2D eigenvalue weighted by Gasteiger charge is 2.47. The molecule has 2 aromatic rings. The van der Waals surface area contributed by atoms with Gasteiger partial charge in [-0.1, -0.05) is 35.9 Å². The van der Waals surface area contributed by atoms with Crippen LogP contribution in [0.15, 0.2) is 42.5 Å². The molecular formula is C22H20ClF3N2O3. The molecule has 4 rings (SSSR count). The van der Waals surface area contributed by atoms with E-state index >= 15 is 0 Å². The summed E-state index contributed by atoms with van der Waals surface area (Å²) in [4.78, 5) is 28.9. The Kier molecular flexibility index (Phi) is 5.70. The number of piperazine rings is 1. The van der Waals surface area contributed by atoms with E-state index in [1.165, 1.54) is 41.3 Å². The summed E-state index contributed by atoms with van der Waals surface area (Å²) >= 11 is 5.80. The zero-order valence-electron chi connectivity index (χ0n) is 16.7. The first-order valence-electron chi connectivity index (χ1n) is 9.76. The van der Waals surface area contributed by atoms with Crippen LogP contribution < -0.4 is 4.90 Å². The third kappa shape index (κ3) is 4.27. The smallest absolute Gasteiger partial charge is 0.270 e. The molecule has 9 heteroatoms. The van der Waals surface area contributed by atoms with Crippen molar-refractivity contribution < 1.29 is 27.5 Å². The lowest BCUT2D eigenvalue weighted by atomic mass is 9.92. The Labute approximate surface area is 182 Å². The second-order valence-electron chi connectivity index (χ2n) is 7.87. The first kappa shape index (κ1) is 21.6. The molecule has 2 heterocycles. The number of rotatable bonds is 5. The summed E-state index contributed by atoms with van der Waals surface area (Å²) in [5.74, 6) is -4.66. The van der Waals surface area contributed by atoms with Crippen molar-refractivity contribution in [3.8, 4) is 0 Å². The number of amides is 2. The van der Waals surface area contributed by atoms with E-state index < -0.39 is 23.7 Å². The minimum Gasteiger partial charge on any atom is -0.380 e. The molecule has 0 spiro atoms. The van der Waals surface area contributed by atoms with Crippen molar-refractivity contribution in [1.82, 2.24) is 4.90 Å². The molecule has 5 nitrogen and oxygen atoms in total. The predicted molar refractivity (Wildman–Crippen MR) is 108 cm³/mol. The fraction of sp³-hybridized carbons (Fsp3) is 0.364. The summed E-state index contributed by atoms with van der Waals surface area (Å²) in [6.07, 6.45) is 0. The van der Waals surface area contributed by atoms with Crippen molar-refractivity contribution in [2.24, 2.45) is 5.92 Å². The molecule has 0 aromatic heterocycles. The van der Waals surface area contributed by atoms with Crippen molar-refractivity contribution >= 4 is 29.1 Å². The summed E-state index contributed by atoms with van der Waals surface area (Å²) in [7, 11) is 0. The van der Waals surface area contributed by atoms with E-state index in [0.717, 1.165) is 17.9 Å². The Morgan fingerprint density at radius 3 is 2.35 bits per heavy atom. The third-order valence-electron chi connectivity index (χ3n) is 5.59. The van der Waals surface area contributed by atoms with Crippen LogP contribution in [0.4, 0.5) is 18.9 Å². The van der Waals surface area contributed by atoms with Crippen LogP contribution in [0.3, 0.4) is 0 Å². The van der Waals surface area contributed by atoms with E-state index in [1.807, 2.05) is 0 Å². The van der Waals surface area contributed by atoms with Crippen molar-refractivity contribution in [3.05, 3.63) is 64.4 Å². The second-order valence-corrected chi connectivity index (χ2v) is 8.31. The first-order chi connectivity index (χ1) is 14.6. The molecular weight excluding hydrogens is 433 g/mol. The van der Waals surface area contributed by atoms with Gasteiger partial charge in [0.1, 0.15) is 18.4 Å². The van der Waals surface area contributed by atoms with E-state index in [1.54, 1.807) is 0 Å². The molecule has 2 aromatic carbocycles. The summed E-state index contributed by atoms with van der Waals surface area (Å²) in [6, 6.07) is 8.73. The molecule has 0 bridgehead atoms. The average Bonchev–Trinajstić information content (AvgIpc) is 2.66. The Hall–Kier alpha value is -2.58. The number of carbonyl (C=O) groups is 2. The number of carbonyl (C=O) groups excluding carboxylic acids is 2. The number of anilines is 1. The maximum Gasteiger partial charge on any atom is 0.270 e. The number of nitrogens with zero attached hydrogens (tertiary/aromatic N) is 2. The van der Waals surface area contributed by atoms with Gasteiger partial charge in [-0.2, -0.15) is 0 Å². The third-order valence-corrected chi connectivity index (χ3v) is 5.83. The Morgan fingerprint density at radius 1 is 1.13 bits per heavy atom. The largest absolute Gasteiger partial charge is 0.380 e. The van der Waals surface area contributed by atoms with Gasteiger partial charge in [0.2, 0.25) is 5.91 Å². The standard InChI is InChI=1S/C22H20ClF3N2O3/c1-22(25,26)15-4-2-13(3-5-15)9-28-19(29)10-27(18-7-6-16(23)8-17(18)24)21(30)20(28)14-11-31-12-14/h2-8,14,20H,9-12H2,1H3/t20-/m0/s1. The lowest BCUT2D eigenvalue weighted by molar-refractivity contribution is -0.155. The number of alkyl halides is 2. The maximum atomic E-state index is 14.4. The molecule has 0 aliphatic carbocycles. The summed E-state index contributed by atoms with van der Waals surface area (Å²) in [5.41, 5.74) is 0.471. The highest BCUT2D eigenvalue weighted by Crippen LogP contribution is 2.32. The quantitative estimate of drug-likeness (QED) is 0.689. The maximum absolute atomic E-state index is 14.4. The Bertz CT molecular complexity index is 1010. The molecule has 1 atom stereocenters. The van der Waals surface area contributed by atoms with Crippen LogP contribution in [0.5, 0.6) is 0 Å². The zero-order valence-corrected chi connectivity index (χ0v) is 17.4. The number of ether oxygens (including phenoxy) is 1. The van der Waals surface area contributed by atoms with Crippen molar-refractivity contribution in [2.75, 3.05) is 24.7 Å². The topological polar surface area (TPSA) is 49.9 Å². The lowest BCUT2D eigenvalue weighted by Crippen LogP contribution is -2.65. The summed E-state index contributed by atoms with van der Waals surface area (Å²) < 4.78 is 46.6. The number of benzene rings is 2. The molecule has 31 heavy (non-hydrogen) atoms. The van der Waals surface area contributed by atoms with Crippen LogP contribution in [-0.4, -0.2) is 42.5 Å². The van der Waals surface area contributed by atoms with E-state index in [4.69, 9.17) is 16.3 Å².